The van der Waals surface area contributed by atoms with Gasteiger partial charge < -0.3 is 14.4 Å². The fourth-order valence-corrected chi connectivity index (χ4v) is 4.90. The van der Waals surface area contributed by atoms with Gasteiger partial charge in [-0.1, -0.05) is 12.1 Å². The smallest absolute Gasteiger partial charge is 0.119 e. The molecule has 1 aromatic rings. The van der Waals surface area contributed by atoms with Crippen molar-refractivity contribution < 1.29 is 9.47 Å². The summed E-state index contributed by atoms with van der Waals surface area (Å²) >= 11 is 0. The standard InChI is InChI=1S/C21H32N2O2/c1-24-20-4-2-3-18(13-20)14-23-11-8-21(17-23)6-9-22(10-7-21)15-19-5-12-25-16-19/h2-4,13,19H,5-12,14-17H2,1H3/t19-/m0/s1. The quantitative estimate of drug-likeness (QED) is 0.820. The molecular formula is C21H32N2O2. The average Bonchev–Trinajstić information content (AvgIpc) is 3.28. The van der Waals surface area contributed by atoms with Crippen molar-refractivity contribution in [2.45, 2.75) is 32.2 Å². The molecule has 25 heavy (non-hydrogen) atoms. The van der Waals surface area contributed by atoms with E-state index in [9.17, 15) is 0 Å². The highest BCUT2D eigenvalue weighted by molar-refractivity contribution is 5.28. The van der Waals surface area contributed by atoms with E-state index in [1.54, 1.807) is 7.11 Å². The first-order chi connectivity index (χ1) is 12.2. The maximum atomic E-state index is 5.54. The molecule has 3 saturated heterocycles. The van der Waals surface area contributed by atoms with Gasteiger partial charge in [-0.05, 0) is 74.3 Å². The molecule has 3 fully saturated rings. The van der Waals surface area contributed by atoms with Crippen molar-refractivity contribution in [3.05, 3.63) is 29.8 Å². The minimum Gasteiger partial charge on any atom is -0.497 e. The second-order valence-corrected chi connectivity index (χ2v) is 8.34. The molecule has 138 valence electrons. The van der Waals surface area contributed by atoms with Gasteiger partial charge in [0.05, 0.1) is 13.7 Å². The first-order valence-corrected chi connectivity index (χ1v) is 9.90. The predicted octanol–water partition coefficient (Wildman–Crippen LogP) is 3.02. The van der Waals surface area contributed by atoms with Gasteiger partial charge in [0, 0.05) is 26.2 Å². The summed E-state index contributed by atoms with van der Waals surface area (Å²) in [7, 11) is 1.75. The van der Waals surface area contributed by atoms with E-state index in [2.05, 4.69) is 28.0 Å². The lowest BCUT2D eigenvalue weighted by molar-refractivity contribution is 0.0906. The van der Waals surface area contributed by atoms with Crippen molar-refractivity contribution in [3.8, 4) is 5.75 Å². The van der Waals surface area contributed by atoms with E-state index in [1.807, 2.05) is 6.07 Å². The molecule has 4 heteroatoms. The van der Waals surface area contributed by atoms with E-state index in [0.29, 0.717) is 5.41 Å². The molecule has 1 atom stereocenters. The molecule has 0 unspecified atom stereocenters. The number of nitrogens with zero attached hydrogens (tertiary/aromatic N) is 2. The Hall–Kier alpha value is -1.10. The zero-order valence-corrected chi connectivity index (χ0v) is 15.6. The van der Waals surface area contributed by atoms with Crippen LogP contribution >= 0.6 is 0 Å². The largest absolute Gasteiger partial charge is 0.497 e. The van der Waals surface area contributed by atoms with E-state index in [1.165, 1.54) is 64.0 Å². The number of likely N-dealkylation sites (tertiary alicyclic amines) is 2. The minimum atomic E-state index is 0.571. The maximum absolute atomic E-state index is 5.54. The molecule has 4 nitrogen and oxygen atoms in total. The van der Waals surface area contributed by atoms with Crippen LogP contribution in [-0.2, 0) is 11.3 Å². The van der Waals surface area contributed by atoms with Crippen molar-refractivity contribution in [1.29, 1.82) is 0 Å². The molecule has 0 radical (unpaired) electrons. The highest BCUT2D eigenvalue weighted by Crippen LogP contribution is 2.41. The van der Waals surface area contributed by atoms with Gasteiger partial charge in [0.1, 0.15) is 5.75 Å². The fraction of sp³-hybridized carbons (Fsp3) is 0.714. The molecule has 0 amide bonds. The van der Waals surface area contributed by atoms with Crippen LogP contribution in [-0.4, -0.2) is 62.8 Å². The number of piperidine rings is 1. The summed E-state index contributed by atoms with van der Waals surface area (Å²) in [6.45, 7) is 9.34. The lowest BCUT2D eigenvalue weighted by Gasteiger charge is -2.40. The SMILES string of the molecule is COc1cccc(CN2CCC3(CCN(C[C@@H]4CCOC4)CC3)C2)c1. The van der Waals surface area contributed by atoms with E-state index in [0.717, 1.165) is 31.4 Å². The summed E-state index contributed by atoms with van der Waals surface area (Å²) in [5.41, 5.74) is 1.94. The zero-order chi connectivity index (χ0) is 17.1. The number of ether oxygens (including phenoxy) is 2. The predicted molar refractivity (Wildman–Crippen MR) is 99.9 cm³/mol. The van der Waals surface area contributed by atoms with Crippen LogP contribution < -0.4 is 4.74 Å². The van der Waals surface area contributed by atoms with Crippen molar-refractivity contribution in [2.75, 3.05) is 53.0 Å². The number of hydrogen-bond acceptors (Lipinski definition) is 4. The maximum Gasteiger partial charge on any atom is 0.119 e. The molecule has 1 aromatic carbocycles. The van der Waals surface area contributed by atoms with Gasteiger partial charge in [-0.15, -0.1) is 0 Å². The van der Waals surface area contributed by atoms with Crippen LogP contribution in [0.4, 0.5) is 0 Å². The number of rotatable bonds is 5. The average molecular weight is 344 g/mol. The Labute approximate surface area is 152 Å². The van der Waals surface area contributed by atoms with Crippen LogP contribution in [0, 0.1) is 11.3 Å². The Kier molecular flexibility index (Phi) is 5.30. The third kappa shape index (κ3) is 4.18. The zero-order valence-electron chi connectivity index (χ0n) is 15.6. The van der Waals surface area contributed by atoms with Crippen molar-refractivity contribution >= 4 is 0 Å². The second-order valence-electron chi connectivity index (χ2n) is 8.34. The van der Waals surface area contributed by atoms with Crippen LogP contribution in [0.25, 0.3) is 0 Å². The van der Waals surface area contributed by atoms with E-state index in [-0.39, 0.29) is 0 Å². The molecule has 3 aliphatic heterocycles. The van der Waals surface area contributed by atoms with Gasteiger partial charge in [-0.2, -0.15) is 0 Å². The third-order valence-electron chi connectivity index (χ3n) is 6.51. The van der Waals surface area contributed by atoms with E-state index >= 15 is 0 Å². The molecule has 0 N–H and O–H groups in total. The number of hydrogen-bond donors (Lipinski definition) is 0. The molecular weight excluding hydrogens is 312 g/mol. The molecule has 4 rings (SSSR count). The van der Waals surface area contributed by atoms with Gasteiger partial charge >= 0.3 is 0 Å². The summed E-state index contributed by atoms with van der Waals surface area (Å²) < 4.78 is 10.9. The summed E-state index contributed by atoms with van der Waals surface area (Å²) in [6.07, 6.45) is 5.37. The number of methoxy groups -OCH3 is 1. The molecule has 0 bridgehead atoms. The Morgan fingerprint density at radius 1 is 1.16 bits per heavy atom. The van der Waals surface area contributed by atoms with Crippen LogP contribution in [0.15, 0.2) is 24.3 Å². The molecule has 3 heterocycles. The van der Waals surface area contributed by atoms with Crippen molar-refractivity contribution in [2.24, 2.45) is 11.3 Å². The van der Waals surface area contributed by atoms with Crippen LogP contribution in [0.2, 0.25) is 0 Å². The van der Waals surface area contributed by atoms with Gasteiger partial charge in [0.2, 0.25) is 0 Å². The normalized spacial score (nSPS) is 27.2. The minimum absolute atomic E-state index is 0.571. The van der Waals surface area contributed by atoms with Gasteiger partial charge in [-0.3, -0.25) is 4.90 Å². The van der Waals surface area contributed by atoms with Gasteiger partial charge in [-0.25, -0.2) is 0 Å². The van der Waals surface area contributed by atoms with Crippen molar-refractivity contribution in [1.82, 2.24) is 9.80 Å². The second kappa shape index (κ2) is 7.65. The summed E-state index contributed by atoms with van der Waals surface area (Å²) in [6, 6.07) is 8.53. The lowest BCUT2D eigenvalue weighted by atomic mass is 9.77. The first kappa shape index (κ1) is 17.3. The Bertz CT molecular complexity index is 563. The lowest BCUT2D eigenvalue weighted by Crippen LogP contribution is -2.43. The molecule has 0 aromatic heterocycles. The summed E-state index contributed by atoms with van der Waals surface area (Å²) in [5, 5.41) is 0. The molecule has 0 aliphatic carbocycles. The molecule has 3 aliphatic rings. The topological polar surface area (TPSA) is 24.9 Å². The van der Waals surface area contributed by atoms with Gasteiger partial charge in [0.25, 0.3) is 0 Å². The molecule has 0 saturated carbocycles. The molecule has 1 spiro atoms. The fourth-order valence-electron chi connectivity index (χ4n) is 4.90. The first-order valence-electron chi connectivity index (χ1n) is 9.90. The number of benzene rings is 1. The summed E-state index contributed by atoms with van der Waals surface area (Å²) in [4.78, 5) is 5.34. The van der Waals surface area contributed by atoms with Gasteiger partial charge in [0.15, 0.2) is 0 Å². The van der Waals surface area contributed by atoms with E-state index in [4.69, 9.17) is 9.47 Å². The summed E-state index contributed by atoms with van der Waals surface area (Å²) in [5.74, 6) is 1.75. The van der Waals surface area contributed by atoms with Crippen LogP contribution in [0.5, 0.6) is 5.75 Å². The highest BCUT2D eigenvalue weighted by atomic mass is 16.5. The van der Waals surface area contributed by atoms with E-state index < -0.39 is 0 Å². The Morgan fingerprint density at radius 2 is 1.96 bits per heavy atom. The Balaban J connectivity index is 1.27. The monoisotopic (exact) mass is 344 g/mol. The Morgan fingerprint density at radius 3 is 2.68 bits per heavy atom. The highest BCUT2D eigenvalue weighted by Gasteiger charge is 2.40. The van der Waals surface area contributed by atoms with Crippen LogP contribution in [0.3, 0.4) is 0 Å². The van der Waals surface area contributed by atoms with Crippen LogP contribution in [0.1, 0.15) is 31.2 Å². The van der Waals surface area contributed by atoms with Crippen molar-refractivity contribution in [3.63, 3.8) is 0 Å². The third-order valence-corrected chi connectivity index (χ3v) is 6.51.